The van der Waals surface area contributed by atoms with Gasteiger partial charge in [-0.2, -0.15) is 0 Å². The molecule has 0 atom stereocenters. The highest BCUT2D eigenvalue weighted by Gasteiger charge is 2.20. The number of fused-ring (bicyclic) bond motifs is 1. The van der Waals surface area contributed by atoms with E-state index in [0.29, 0.717) is 11.5 Å². The maximum absolute atomic E-state index is 13.1. The van der Waals surface area contributed by atoms with Crippen LogP contribution in [0.5, 0.6) is 0 Å². The summed E-state index contributed by atoms with van der Waals surface area (Å²) in [4.78, 5) is 6.80. The molecule has 23 heavy (non-hydrogen) atoms. The molecule has 0 aliphatic carbocycles. The van der Waals surface area contributed by atoms with E-state index < -0.39 is 0 Å². The molecule has 1 aliphatic heterocycles. The zero-order valence-electron chi connectivity index (χ0n) is 13.3. The molecular weight excluding hydrogens is 340 g/mol. The molecule has 1 aromatic heterocycles. The Balaban J connectivity index is 0.00000132. The van der Waals surface area contributed by atoms with Gasteiger partial charge in [-0.1, -0.05) is 0 Å². The van der Waals surface area contributed by atoms with Gasteiger partial charge in [0, 0.05) is 6.07 Å². The predicted molar refractivity (Wildman–Crippen MR) is 95.0 cm³/mol. The molecule has 0 unspecified atom stereocenters. The number of likely N-dealkylation sites (tertiary alicyclic amines) is 1. The standard InChI is InChI=1S/C16H22FN3O.2ClH/c1-18-7-4-12-5-8-20(9-6-12)11-16-19-14-3-2-13(17)10-15(14)21-16;;/h2-3,10,12,18H,4-9,11H2,1H3;2*1H. The van der Waals surface area contributed by atoms with Crippen LogP contribution < -0.4 is 5.32 Å². The number of hydrogen-bond donors (Lipinski definition) is 1. The summed E-state index contributed by atoms with van der Waals surface area (Å²) < 4.78 is 18.8. The largest absolute Gasteiger partial charge is 0.439 e. The Bertz CT molecular complexity index is 600. The summed E-state index contributed by atoms with van der Waals surface area (Å²) in [7, 11) is 2.01. The number of nitrogens with zero attached hydrogens (tertiary/aromatic N) is 2. The van der Waals surface area contributed by atoms with Crippen LogP contribution in [0.2, 0.25) is 0 Å². The summed E-state index contributed by atoms with van der Waals surface area (Å²) in [6.07, 6.45) is 3.72. The first-order valence-electron chi connectivity index (χ1n) is 7.66. The quantitative estimate of drug-likeness (QED) is 0.880. The van der Waals surface area contributed by atoms with E-state index in [1.165, 1.54) is 31.4 Å². The molecule has 1 aromatic carbocycles. The molecule has 1 fully saturated rings. The highest BCUT2D eigenvalue weighted by atomic mass is 35.5. The van der Waals surface area contributed by atoms with Gasteiger partial charge in [-0.15, -0.1) is 24.8 Å². The van der Waals surface area contributed by atoms with Gasteiger partial charge in [0.1, 0.15) is 11.3 Å². The predicted octanol–water partition coefficient (Wildman–Crippen LogP) is 3.63. The van der Waals surface area contributed by atoms with Crippen molar-refractivity contribution in [2.75, 3.05) is 26.7 Å². The number of benzene rings is 1. The second-order valence-corrected chi connectivity index (χ2v) is 5.83. The minimum atomic E-state index is -0.282. The van der Waals surface area contributed by atoms with E-state index in [0.717, 1.165) is 37.6 Å². The van der Waals surface area contributed by atoms with Crippen molar-refractivity contribution in [3.05, 3.63) is 29.9 Å². The minimum Gasteiger partial charge on any atom is -0.439 e. The smallest absolute Gasteiger partial charge is 0.209 e. The third-order valence-corrected chi connectivity index (χ3v) is 4.26. The zero-order valence-corrected chi connectivity index (χ0v) is 14.9. The Morgan fingerprint density at radius 1 is 1.30 bits per heavy atom. The van der Waals surface area contributed by atoms with Gasteiger partial charge in [0.2, 0.25) is 5.89 Å². The lowest BCUT2D eigenvalue weighted by Crippen LogP contribution is -2.34. The number of hydrogen-bond acceptors (Lipinski definition) is 4. The number of halogens is 3. The van der Waals surface area contributed by atoms with E-state index >= 15 is 0 Å². The number of rotatable bonds is 5. The number of oxazole rings is 1. The summed E-state index contributed by atoms with van der Waals surface area (Å²) in [5.74, 6) is 1.23. The highest BCUT2D eigenvalue weighted by molar-refractivity contribution is 5.85. The maximum atomic E-state index is 13.1. The van der Waals surface area contributed by atoms with E-state index in [1.54, 1.807) is 6.07 Å². The summed E-state index contributed by atoms with van der Waals surface area (Å²) in [5.41, 5.74) is 1.27. The van der Waals surface area contributed by atoms with Gasteiger partial charge in [-0.05, 0) is 64.0 Å². The SMILES string of the molecule is CNCCC1CCN(Cc2nc3ccc(F)cc3o2)CC1.Cl.Cl. The van der Waals surface area contributed by atoms with Gasteiger partial charge in [-0.3, -0.25) is 4.90 Å². The first kappa shape index (κ1) is 20.2. The zero-order chi connectivity index (χ0) is 14.7. The molecule has 1 aliphatic rings. The molecule has 2 heterocycles. The van der Waals surface area contributed by atoms with Gasteiger partial charge in [0.25, 0.3) is 0 Å². The van der Waals surface area contributed by atoms with Crippen molar-refractivity contribution < 1.29 is 8.81 Å². The first-order valence-corrected chi connectivity index (χ1v) is 7.66. The number of aromatic nitrogens is 1. The Labute approximate surface area is 148 Å². The van der Waals surface area contributed by atoms with Gasteiger partial charge < -0.3 is 9.73 Å². The topological polar surface area (TPSA) is 41.3 Å². The number of nitrogens with one attached hydrogen (secondary N) is 1. The molecule has 0 bridgehead atoms. The van der Waals surface area contributed by atoms with Gasteiger partial charge in [-0.25, -0.2) is 9.37 Å². The molecule has 0 saturated carbocycles. The molecule has 1 N–H and O–H groups in total. The van der Waals surface area contributed by atoms with Crippen LogP contribution in [0.3, 0.4) is 0 Å². The van der Waals surface area contributed by atoms with Crippen LogP contribution in [0.1, 0.15) is 25.2 Å². The van der Waals surface area contributed by atoms with Gasteiger partial charge in [0.15, 0.2) is 5.58 Å². The van der Waals surface area contributed by atoms with E-state index in [-0.39, 0.29) is 30.6 Å². The molecular formula is C16H24Cl2FN3O. The second-order valence-electron chi connectivity index (χ2n) is 5.83. The van der Waals surface area contributed by atoms with E-state index in [1.807, 2.05) is 7.05 Å². The molecule has 1 saturated heterocycles. The molecule has 0 amide bonds. The number of piperidine rings is 1. The van der Waals surface area contributed by atoms with Crippen LogP contribution in [0.25, 0.3) is 11.1 Å². The van der Waals surface area contributed by atoms with Crippen molar-refractivity contribution in [2.24, 2.45) is 5.92 Å². The Hall–Kier alpha value is -0.880. The van der Waals surface area contributed by atoms with Crippen molar-refractivity contribution in [1.29, 1.82) is 0 Å². The van der Waals surface area contributed by atoms with Crippen LogP contribution in [-0.4, -0.2) is 36.6 Å². The lowest BCUT2D eigenvalue weighted by molar-refractivity contribution is 0.161. The van der Waals surface area contributed by atoms with Gasteiger partial charge in [0.05, 0.1) is 6.54 Å². The minimum absolute atomic E-state index is 0. The van der Waals surface area contributed by atoms with Crippen molar-refractivity contribution in [1.82, 2.24) is 15.2 Å². The van der Waals surface area contributed by atoms with Crippen molar-refractivity contribution in [2.45, 2.75) is 25.8 Å². The molecule has 7 heteroatoms. The van der Waals surface area contributed by atoms with Crippen molar-refractivity contribution in [3.8, 4) is 0 Å². The van der Waals surface area contributed by atoms with Gasteiger partial charge >= 0.3 is 0 Å². The Morgan fingerprint density at radius 3 is 2.74 bits per heavy atom. The van der Waals surface area contributed by atoms with Crippen molar-refractivity contribution >= 4 is 35.9 Å². The lowest BCUT2D eigenvalue weighted by Gasteiger charge is -2.31. The molecule has 4 nitrogen and oxygen atoms in total. The third-order valence-electron chi connectivity index (χ3n) is 4.26. The highest BCUT2D eigenvalue weighted by Crippen LogP contribution is 2.23. The molecule has 2 aromatic rings. The maximum Gasteiger partial charge on any atom is 0.209 e. The average Bonchev–Trinajstić information content (AvgIpc) is 2.88. The summed E-state index contributed by atoms with van der Waals surface area (Å²) >= 11 is 0. The molecule has 0 spiro atoms. The lowest BCUT2D eigenvalue weighted by atomic mass is 9.93. The molecule has 3 rings (SSSR count). The fourth-order valence-electron chi connectivity index (χ4n) is 2.99. The van der Waals surface area contributed by atoms with Crippen LogP contribution in [0, 0.1) is 11.7 Å². The van der Waals surface area contributed by atoms with Crippen LogP contribution in [0.4, 0.5) is 4.39 Å². The Kier molecular flexibility index (Phi) is 8.26. The van der Waals surface area contributed by atoms with Crippen LogP contribution in [-0.2, 0) is 6.54 Å². The normalized spacial score (nSPS) is 16.1. The monoisotopic (exact) mass is 363 g/mol. The molecule has 130 valence electrons. The fraction of sp³-hybridized carbons (Fsp3) is 0.562. The summed E-state index contributed by atoms with van der Waals surface area (Å²) in [5, 5.41) is 3.22. The third kappa shape index (κ3) is 5.31. The summed E-state index contributed by atoms with van der Waals surface area (Å²) in [6, 6.07) is 4.49. The van der Waals surface area contributed by atoms with Crippen LogP contribution >= 0.6 is 24.8 Å². The van der Waals surface area contributed by atoms with E-state index in [9.17, 15) is 4.39 Å². The van der Waals surface area contributed by atoms with E-state index in [2.05, 4.69) is 15.2 Å². The summed E-state index contributed by atoms with van der Waals surface area (Å²) in [6.45, 7) is 3.99. The van der Waals surface area contributed by atoms with Crippen LogP contribution in [0.15, 0.2) is 22.6 Å². The fourth-order valence-corrected chi connectivity index (χ4v) is 2.99. The molecule has 0 radical (unpaired) electrons. The average molecular weight is 364 g/mol. The van der Waals surface area contributed by atoms with E-state index in [4.69, 9.17) is 4.42 Å². The Morgan fingerprint density at radius 2 is 2.04 bits per heavy atom. The van der Waals surface area contributed by atoms with Crippen molar-refractivity contribution in [3.63, 3.8) is 0 Å². The second kappa shape index (κ2) is 9.42. The first-order chi connectivity index (χ1) is 10.2.